The highest BCUT2D eigenvalue weighted by Crippen LogP contribution is 2.48. The molecule has 38 heavy (non-hydrogen) atoms. The first-order valence-corrected chi connectivity index (χ1v) is 11.3. The Labute approximate surface area is 215 Å². The van der Waals surface area contributed by atoms with Gasteiger partial charge in [-0.1, -0.05) is 5.11 Å². The third kappa shape index (κ3) is 4.92. The Morgan fingerprint density at radius 3 is 2.42 bits per heavy atom. The monoisotopic (exact) mass is 539 g/mol. The zero-order valence-electron chi connectivity index (χ0n) is 20.9. The molecule has 2 heterocycles. The van der Waals surface area contributed by atoms with Crippen molar-refractivity contribution in [3.8, 4) is 5.75 Å². The highest BCUT2D eigenvalue weighted by molar-refractivity contribution is 5.56. The van der Waals surface area contributed by atoms with E-state index in [0.717, 1.165) is 12.1 Å². The summed E-state index contributed by atoms with van der Waals surface area (Å²) in [6.07, 6.45) is -5.91. The number of hydrogen-bond donors (Lipinski definition) is 1. The van der Waals surface area contributed by atoms with E-state index >= 15 is 0 Å². The summed E-state index contributed by atoms with van der Waals surface area (Å²) < 4.78 is 56.4. The number of fused-ring (bicyclic) bond motifs is 1. The maximum absolute atomic E-state index is 13.3. The van der Waals surface area contributed by atoms with E-state index in [1.807, 2.05) is 0 Å². The Morgan fingerprint density at radius 2 is 1.89 bits per heavy atom. The molecule has 0 amide bonds. The summed E-state index contributed by atoms with van der Waals surface area (Å²) in [7, 11) is 4.31. The largest absolute Gasteiger partial charge is 0.479 e. The second-order valence-electron chi connectivity index (χ2n) is 9.14. The molecule has 2 aliphatic heterocycles. The van der Waals surface area contributed by atoms with Crippen molar-refractivity contribution in [3.05, 3.63) is 63.7 Å². The van der Waals surface area contributed by atoms with Crippen LogP contribution >= 0.6 is 0 Å². The van der Waals surface area contributed by atoms with E-state index in [-0.39, 0.29) is 34.1 Å². The fourth-order valence-electron chi connectivity index (χ4n) is 4.66. The molecule has 1 N–H and O–H groups in total. The van der Waals surface area contributed by atoms with Crippen LogP contribution in [0.2, 0.25) is 0 Å². The first kappa shape index (κ1) is 27.4. The number of ether oxygens (including phenoxy) is 3. The first-order chi connectivity index (χ1) is 17.8. The van der Waals surface area contributed by atoms with Gasteiger partial charge >= 0.3 is 6.18 Å². The molecule has 12 nitrogen and oxygen atoms in total. The van der Waals surface area contributed by atoms with Gasteiger partial charge in [-0.3, -0.25) is 10.1 Å². The molecular weight excluding hydrogens is 513 g/mol. The molecule has 0 bridgehead atoms. The number of rotatable bonds is 8. The van der Waals surface area contributed by atoms with Gasteiger partial charge in [-0.05, 0) is 47.1 Å². The predicted molar refractivity (Wildman–Crippen MR) is 127 cm³/mol. The van der Waals surface area contributed by atoms with Crippen LogP contribution in [-0.2, 0) is 15.7 Å². The van der Waals surface area contributed by atoms with Crippen molar-refractivity contribution < 1.29 is 42.1 Å². The van der Waals surface area contributed by atoms with Crippen molar-refractivity contribution in [2.75, 3.05) is 32.8 Å². The normalized spacial score (nSPS) is 26.3. The minimum absolute atomic E-state index is 0.115. The number of nitro groups is 1. The van der Waals surface area contributed by atoms with Crippen molar-refractivity contribution in [1.29, 1.82) is 0 Å². The molecule has 2 aliphatic rings. The number of quaternary nitrogens is 1. The Bertz CT molecular complexity index is 1240. The van der Waals surface area contributed by atoms with E-state index in [1.165, 1.54) is 50.9 Å². The molecule has 204 valence electrons. The molecule has 2 aromatic carbocycles. The molecule has 2 aromatic rings. The number of aliphatic hydroxyl groups excluding tert-OH is 1. The van der Waals surface area contributed by atoms with Gasteiger partial charge in [0.25, 0.3) is 5.69 Å². The number of anilines is 1. The van der Waals surface area contributed by atoms with Gasteiger partial charge in [-0.2, -0.15) is 13.2 Å². The lowest BCUT2D eigenvalue weighted by Gasteiger charge is -2.49. The molecule has 0 aromatic heterocycles. The summed E-state index contributed by atoms with van der Waals surface area (Å²) in [6.45, 7) is 1.43. The van der Waals surface area contributed by atoms with Gasteiger partial charge < -0.3 is 24.2 Å². The van der Waals surface area contributed by atoms with Gasteiger partial charge in [-0.25, -0.2) is 0 Å². The quantitative estimate of drug-likeness (QED) is 0.232. The van der Waals surface area contributed by atoms with Crippen molar-refractivity contribution in [2.45, 2.75) is 37.1 Å². The van der Waals surface area contributed by atoms with Gasteiger partial charge in [-0.15, -0.1) is 0 Å². The number of non-ortho nitro benzene ring substituents is 1. The molecule has 1 unspecified atom stereocenters. The first-order valence-electron chi connectivity index (χ1n) is 11.3. The average Bonchev–Trinajstić information content (AvgIpc) is 3.30. The minimum Gasteiger partial charge on any atom is -0.479 e. The van der Waals surface area contributed by atoms with Crippen LogP contribution in [0.1, 0.15) is 24.1 Å². The fraction of sp³-hybridized carbons (Fsp3) is 0.435. The lowest BCUT2D eigenvalue weighted by atomic mass is 9.83. The van der Waals surface area contributed by atoms with Crippen molar-refractivity contribution >= 4 is 17.7 Å². The Morgan fingerprint density at radius 1 is 1.24 bits per heavy atom. The summed E-state index contributed by atoms with van der Waals surface area (Å²) >= 11 is 0. The van der Waals surface area contributed by atoms with Gasteiger partial charge in [0.2, 0.25) is 13.0 Å². The second kappa shape index (κ2) is 9.90. The zero-order chi connectivity index (χ0) is 27.9. The molecule has 0 aliphatic carbocycles. The lowest BCUT2D eigenvalue weighted by Crippen LogP contribution is -2.63. The molecule has 0 saturated carbocycles. The average molecular weight is 539 g/mol. The Hall–Kier alpha value is -3.66. The highest BCUT2D eigenvalue weighted by atomic mass is 19.4. The van der Waals surface area contributed by atoms with Crippen LogP contribution in [0.25, 0.3) is 0 Å². The number of alkyl halides is 3. The molecular formula is C23H26F3N6O6+. The number of halogens is 3. The maximum atomic E-state index is 13.3. The van der Waals surface area contributed by atoms with Crippen LogP contribution in [0, 0.1) is 10.1 Å². The van der Waals surface area contributed by atoms with Crippen LogP contribution in [0.15, 0.2) is 57.9 Å². The van der Waals surface area contributed by atoms with Crippen LogP contribution in [0.4, 0.5) is 24.5 Å². The molecule has 15 heteroatoms. The van der Waals surface area contributed by atoms with E-state index in [1.54, 1.807) is 18.9 Å². The van der Waals surface area contributed by atoms with Gasteiger partial charge in [0.05, 0.1) is 21.8 Å². The molecule has 4 rings (SSSR count). The molecule has 0 saturated heterocycles. The number of nitro benzene ring substituents is 1. The molecule has 4 atom stereocenters. The summed E-state index contributed by atoms with van der Waals surface area (Å²) in [5, 5.41) is 35.4. The number of nitrogens with zero attached hydrogens (tertiary/aromatic N) is 6. The zero-order valence-corrected chi connectivity index (χ0v) is 20.9. The van der Waals surface area contributed by atoms with E-state index in [2.05, 4.69) is 15.4 Å². The van der Waals surface area contributed by atoms with Crippen molar-refractivity contribution in [3.63, 3.8) is 0 Å². The third-order valence-electron chi connectivity index (χ3n) is 6.51. The summed E-state index contributed by atoms with van der Waals surface area (Å²) in [5.74, 6) is 0.193. The van der Waals surface area contributed by atoms with Crippen LogP contribution in [-0.4, -0.2) is 67.0 Å². The Kier molecular flexibility index (Phi) is 7.13. The summed E-state index contributed by atoms with van der Waals surface area (Å²) in [4.78, 5) is 12.6. The number of hydrogen-bond acceptors (Lipinski definition) is 10. The van der Waals surface area contributed by atoms with Crippen molar-refractivity contribution in [2.24, 2.45) is 15.4 Å². The maximum Gasteiger partial charge on any atom is 0.416 e. The van der Waals surface area contributed by atoms with E-state index < -0.39 is 40.7 Å². The predicted octanol–water partition coefficient (Wildman–Crippen LogP) is 4.02. The highest BCUT2D eigenvalue weighted by Gasteiger charge is 2.55. The minimum atomic E-state index is -4.57. The summed E-state index contributed by atoms with van der Waals surface area (Å²) in [6, 6.07) is 7.09. The second-order valence-corrected chi connectivity index (χ2v) is 9.14. The van der Waals surface area contributed by atoms with Gasteiger partial charge in [0.15, 0.2) is 11.9 Å². The van der Waals surface area contributed by atoms with E-state index in [0.29, 0.717) is 0 Å². The van der Waals surface area contributed by atoms with E-state index in [9.17, 15) is 28.4 Å². The fourth-order valence-corrected chi connectivity index (χ4v) is 4.66. The number of aliphatic hydroxyl groups is 1. The van der Waals surface area contributed by atoms with Crippen LogP contribution < -0.4 is 9.64 Å². The SMILES string of the molecule is COC(OC)[C@@]1(C)Oc2ccc([N+](=O)[O-])cc2[C@H](N(C[N+]2(C)N=CN=N2)c2ccc(C(F)(F)F)cc2)[C@H]1O. The van der Waals surface area contributed by atoms with Gasteiger partial charge in [0.1, 0.15) is 18.9 Å². The van der Waals surface area contributed by atoms with E-state index in [4.69, 9.17) is 14.2 Å². The number of benzene rings is 2. The summed E-state index contributed by atoms with van der Waals surface area (Å²) in [5.41, 5.74) is -2.20. The lowest BCUT2D eigenvalue weighted by molar-refractivity contribution is -0.923. The molecule has 0 fully saturated rings. The third-order valence-corrected chi connectivity index (χ3v) is 6.51. The van der Waals surface area contributed by atoms with Gasteiger partial charge in [0, 0.05) is 37.6 Å². The van der Waals surface area contributed by atoms with Crippen LogP contribution in [0.3, 0.4) is 0 Å². The Balaban J connectivity index is 1.92. The van der Waals surface area contributed by atoms with Crippen molar-refractivity contribution in [1.82, 2.24) is 0 Å². The topological polar surface area (TPSA) is 131 Å². The number of methoxy groups -OCH3 is 2. The van der Waals surface area contributed by atoms with Crippen LogP contribution in [0.5, 0.6) is 5.75 Å². The standard InChI is InChI=1S/C23H26F3N6O6/c1-22(21(36-3)37-4)20(33)19(17-11-16(31(34)35)9-10-18(17)38-22)30(13-32(2)28-12-27-29-32)15-7-5-14(6-8-15)23(24,25)26/h5-12,19-21,33H,13H2,1-4H3/q+1/t19-,20+,22-,32?/m0/s1. The smallest absolute Gasteiger partial charge is 0.416 e. The molecule has 0 radical (unpaired) electrons. The molecule has 0 spiro atoms.